The van der Waals surface area contributed by atoms with Crippen LogP contribution in [0.4, 0.5) is 0 Å². The van der Waals surface area contributed by atoms with Crippen LogP contribution in [0, 0.1) is 12.8 Å². The van der Waals surface area contributed by atoms with Gasteiger partial charge < -0.3 is 4.57 Å². The standard InChI is InChI=1S/C14H19N3S/c1-11(2)10-18-14-16-15-12(3)17(14)9-13-7-5-4-6-8-13/h4-8,11H,9-10H2,1-3H3. The summed E-state index contributed by atoms with van der Waals surface area (Å²) >= 11 is 1.78. The first-order valence-electron chi connectivity index (χ1n) is 6.23. The van der Waals surface area contributed by atoms with Crippen molar-refractivity contribution < 1.29 is 0 Å². The second-order valence-corrected chi connectivity index (χ2v) is 5.79. The van der Waals surface area contributed by atoms with E-state index >= 15 is 0 Å². The van der Waals surface area contributed by atoms with Crippen molar-refractivity contribution >= 4 is 11.8 Å². The second kappa shape index (κ2) is 6.05. The third-order valence-corrected chi connectivity index (χ3v) is 4.02. The molecule has 18 heavy (non-hydrogen) atoms. The molecule has 3 nitrogen and oxygen atoms in total. The summed E-state index contributed by atoms with van der Waals surface area (Å²) in [5.74, 6) is 2.72. The molecule has 1 heterocycles. The van der Waals surface area contributed by atoms with E-state index in [-0.39, 0.29) is 0 Å². The Morgan fingerprint density at radius 2 is 1.89 bits per heavy atom. The van der Waals surface area contributed by atoms with Gasteiger partial charge in [0.05, 0.1) is 6.54 Å². The van der Waals surface area contributed by atoms with Crippen LogP contribution in [0.25, 0.3) is 0 Å². The lowest BCUT2D eigenvalue weighted by Crippen LogP contribution is -2.04. The molecule has 96 valence electrons. The molecule has 1 aromatic heterocycles. The molecule has 0 unspecified atom stereocenters. The highest BCUT2D eigenvalue weighted by Gasteiger charge is 2.10. The van der Waals surface area contributed by atoms with Gasteiger partial charge in [-0.25, -0.2) is 0 Å². The molecule has 4 heteroatoms. The fraction of sp³-hybridized carbons (Fsp3) is 0.429. The number of aryl methyl sites for hydroxylation is 1. The number of aromatic nitrogens is 3. The van der Waals surface area contributed by atoms with Crippen LogP contribution in [-0.4, -0.2) is 20.5 Å². The van der Waals surface area contributed by atoms with Crippen LogP contribution in [0.1, 0.15) is 25.2 Å². The van der Waals surface area contributed by atoms with Gasteiger partial charge in [0.2, 0.25) is 0 Å². The maximum atomic E-state index is 4.26. The van der Waals surface area contributed by atoms with E-state index in [1.54, 1.807) is 11.8 Å². The van der Waals surface area contributed by atoms with Crippen LogP contribution >= 0.6 is 11.8 Å². The van der Waals surface area contributed by atoms with Crippen LogP contribution < -0.4 is 0 Å². The first-order valence-corrected chi connectivity index (χ1v) is 7.22. The summed E-state index contributed by atoms with van der Waals surface area (Å²) in [5, 5.41) is 9.46. The van der Waals surface area contributed by atoms with Crippen LogP contribution in [0.15, 0.2) is 35.5 Å². The van der Waals surface area contributed by atoms with Crippen molar-refractivity contribution in [2.75, 3.05) is 5.75 Å². The van der Waals surface area contributed by atoms with Crippen molar-refractivity contribution in [3.8, 4) is 0 Å². The molecule has 0 aliphatic carbocycles. The normalized spacial score (nSPS) is 11.1. The molecule has 0 fully saturated rings. The average molecular weight is 261 g/mol. The number of hydrogen-bond donors (Lipinski definition) is 0. The molecule has 0 saturated heterocycles. The number of hydrogen-bond acceptors (Lipinski definition) is 3. The molecule has 2 aromatic rings. The lowest BCUT2D eigenvalue weighted by atomic mass is 10.2. The fourth-order valence-electron chi connectivity index (χ4n) is 1.66. The van der Waals surface area contributed by atoms with Crippen molar-refractivity contribution in [2.24, 2.45) is 5.92 Å². The Balaban J connectivity index is 2.14. The molecule has 0 N–H and O–H groups in total. The van der Waals surface area contributed by atoms with E-state index in [1.165, 1.54) is 5.56 Å². The maximum absolute atomic E-state index is 4.26. The molecule has 2 rings (SSSR count). The summed E-state index contributed by atoms with van der Waals surface area (Å²) in [6.07, 6.45) is 0. The first-order chi connectivity index (χ1) is 8.66. The second-order valence-electron chi connectivity index (χ2n) is 4.81. The van der Waals surface area contributed by atoms with Gasteiger partial charge in [-0.1, -0.05) is 55.9 Å². The third-order valence-electron chi connectivity index (χ3n) is 2.63. The van der Waals surface area contributed by atoms with Gasteiger partial charge in [-0.15, -0.1) is 10.2 Å². The molecule has 0 aliphatic heterocycles. The topological polar surface area (TPSA) is 30.7 Å². The Bertz CT molecular complexity index is 491. The molecule has 0 amide bonds. The van der Waals surface area contributed by atoms with E-state index in [2.05, 4.69) is 52.9 Å². The predicted molar refractivity (Wildman–Crippen MR) is 75.9 cm³/mol. The van der Waals surface area contributed by atoms with Gasteiger partial charge in [0.1, 0.15) is 5.82 Å². The fourth-order valence-corrected chi connectivity index (χ4v) is 2.59. The zero-order valence-corrected chi connectivity index (χ0v) is 11.9. The van der Waals surface area contributed by atoms with Crippen LogP contribution in [0.2, 0.25) is 0 Å². The number of rotatable bonds is 5. The minimum absolute atomic E-state index is 0.664. The SMILES string of the molecule is Cc1nnc(SCC(C)C)n1Cc1ccccc1. The molecule has 0 aliphatic rings. The van der Waals surface area contributed by atoms with E-state index in [4.69, 9.17) is 0 Å². The molecule has 0 spiro atoms. The van der Waals surface area contributed by atoms with E-state index in [0.717, 1.165) is 23.3 Å². The Labute approximate surface area is 113 Å². The third kappa shape index (κ3) is 3.35. The van der Waals surface area contributed by atoms with E-state index < -0.39 is 0 Å². The lowest BCUT2D eigenvalue weighted by molar-refractivity contribution is 0.683. The largest absolute Gasteiger partial charge is 0.302 e. The quantitative estimate of drug-likeness (QED) is 0.773. The van der Waals surface area contributed by atoms with Gasteiger partial charge in [0.15, 0.2) is 5.16 Å². The lowest BCUT2D eigenvalue weighted by Gasteiger charge is -2.09. The summed E-state index contributed by atoms with van der Waals surface area (Å²) < 4.78 is 2.18. The number of nitrogens with zero attached hydrogens (tertiary/aromatic N) is 3. The highest BCUT2D eigenvalue weighted by Crippen LogP contribution is 2.20. The van der Waals surface area contributed by atoms with Crippen molar-refractivity contribution in [3.05, 3.63) is 41.7 Å². The minimum Gasteiger partial charge on any atom is -0.302 e. The summed E-state index contributed by atoms with van der Waals surface area (Å²) in [5.41, 5.74) is 1.28. The molecular weight excluding hydrogens is 242 g/mol. The van der Waals surface area contributed by atoms with Gasteiger partial charge in [-0.05, 0) is 18.4 Å². The van der Waals surface area contributed by atoms with Crippen molar-refractivity contribution in [1.29, 1.82) is 0 Å². The molecule has 0 atom stereocenters. The van der Waals surface area contributed by atoms with Gasteiger partial charge in [0.25, 0.3) is 0 Å². The van der Waals surface area contributed by atoms with E-state index in [9.17, 15) is 0 Å². The Kier molecular flexibility index (Phi) is 4.42. The highest BCUT2D eigenvalue weighted by molar-refractivity contribution is 7.99. The molecular formula is C14H19N3S. The zero-order valence-electron chi connectivity index (χ0n) is 11.1. The van der Waals surface area contributed by atoms with Gasteiger partial charge in [-0.3, -0.25) is 0 Å². The molecule has 0 saturated carbocycles. The summed E-state index contributed by atoms with van der Waals surface area (Å²) in [7, 11) is 0. The monoisotopic (exact) mass is 261 g/mol. The smallest absolute Gasteiger partial charge is 0.191 e. The zero-order chi connectivity index (χ0) is 13.0. The van der Waals surface area contributed by atoms with Crippen molar-refractivity contribution in [3.63, 3.8) is 0 Å². The molecule has 1 aromatic carbocycles. The van der Waals surface area contributed by atoms with E-state index in [0.29, 0.717) is 5.92 Å². The van der Waals surface area contributed by atoms with E-state index in [1.807, 2.05) is 13.0 Å². The maximum Gasteiger partial charge on any atom is 0.191 e. The van der Waals surface area contributed by atoms with Gasteiger partial charge in [-0.2, -0.15) is 0 Å². The molecule has 0 bridgehead atoms. The number of benzene rings is 1. The summed E-state index contributed by atoms with van der Waals surface area (Å²) in [6.45, 7) is 7.30. The van der Waals surface area contributed by atoms with Crippen molar-refractivity contribution in [1.82, 2.24) is 14.8 Å². The molecule has 0 radical (unpaired) electrons. The van der Waals surface area contributed by atoms with Crippen LogP contribution in [-0.2, 0) is 6.54 Å². The van der Waals surface area contributed by atoms with Gasteiger partial charge >= 0.3 is 0 Å². The Morgan fingerprint density at radius 1 is 1.17 bits per heavy atom. The average Bonchev–Trinajstić information content (AvgIpc) is 2.70. The predicted octanol–water partition coefficient (Wildman–Crippen LogP) is 3.38. The Hall–Kier alpha value is -1.29. The van der Waals surface area contributed by atoms with Crippen LogP contribution in [0.5, 0.6) is 0 Å². The minimum atomic E-state index is 0.664. The summed E-state index contributed by atoms with van der Waals surface area (Å²) in [6, 6.07) is 10.4. The first kappa shape index (κ1) is 13.1. The number of thioether (sulfide) groups is 1. The summed E-state index contributed by atoms with van der Waals surface area (Å²) in [4.78, 5) is 0. The van der Waals surface area contributed by atoms with Crippen LogP contribution in [0.3, 0.4) is 0 Å². The highest BCUT2D eigenvalue weighted by atomic mass is 32.2. The Morgan fingerprint density at radius 3 is 2.56 bits per heavy atom. The van der Waals surface area contributed by atoms with Crippen molar-refractivity contribution in [2.45, 2.75) is 32.5 Å². The van der Waals surface area contributed by atoms with Gasteiger partial charge in [0, 0.05) is 5.75 Å².